The van der Waals surface area contributed by atoms with E-state index in [1.54, 1.807) is 0 Å². The molecule has 0 fully saturated rings. The molecule has 0 N–H and O–H groups in total. The van der Waals surface area contributed by atoms with E-state index in [9.17, 15) is 0 Å². The van der Waals surface area contributed by atoms with Gasteiger partial charge >= 0.3 is 0 Å². The Labute approximate surface area is 130 Å². The van der Waals surface area contributed by atoms with Crippen LogP contribution in [0.5, 0.6) is 0 Å². The van der Waals surface area contributed by atoms with Crippen LogP contribution in [0.2, 0.25) is 15.1 Å². The molecular weight excluding hydrogens is 354 g/mol. The van der Waals surface area contributed by atoms with Crippen LogP contribution < -0.4 is 0 Å². The topological polar surface area (TPSA) is 0 Å². The van der Waals surface area contributed by atoms with E-state index in [1.807, 2.05) is 42.5 Å². The molecule has 4 heteroatoms. The number of halogens is 4. The molecule has 0 saturated heterocycles. The van der Waals surface area contributed by atoms with Crippen molar-refractivity contribution in [2.75, 3.05) is 0 Å². The van der Waals surface area contributed by atoms with Gasteiger partial charge in [-0.25, -0.2) is 0 Å². The molecule has 2 aromatic rings. The second-order valence-electron chi connectivity index (χ2n) is 3.98. The lowest BCUT2D eigenvalue weighted by Crippen LogP contribution is -1.95. The Bertz CT molecular complexity index is 554. The molecule has 0 nitrogen and oxygen atoms in total. The molecule has 18 heavy (non-hydrogen) atoms. The third-order valence-corrected chi connectivity index (χ3v) is 4.44. The van der Waals surface area contributed by atoms with Crippen molar-refractivity contribution in [1.82, 2.24) is 0 Å². The van der Waals surface area contributed by atoms with Gasteiger partial charge in [-0.05, 0) is 41.8 Å². The molecule has 0 aliphatic heterocycles. The molecule has 1 unspecified atom stereocenters. The van der Waals surface area contributed by atoms with Crippen LogP contribution >= 0.6 is 50.7 Å². The first-order valence-electron chi connectivity index (χ1n) is 5.40. The van der Waals surface area contributed by atoms with E-state index in [2.05, 4.69) is 15.9 Å². The van der Waals surface area contributed by atoms with Crippen molar-refractivity contribution in [2.45, 2.75) is 11.2 Å². The van der Waals surface area contributed by atoms with E-state index >= 15 is 0 Å². The van der Waals surface area contributed by atoms with Gasteiger partial charge in [0.25, 0.3) is 0 Å². The summed E-state index contributed by atoms with van der Waals surface area (Å²) in [6, 6.07) is 13.5. The van der Waals surface area contributed by atoms with Crippen LogP contribution in [-0.4, -0.2) is 0 Å². The average molecular weight is 364 g/mol. The van der Waals surface area contributed by atoms with Gasteiger partial charge in [0.15, 0.2) is 0 Å². The molecule has 94 valence electrons. The predicted molar refractivity (Wildman–Crippen MR) is 83.3 cm³/mol. The van der Waals surface area contributed by atoms with Gasteiger partial charge in [-0.15, -0.1) is 0 Å². The van der Waals surface area contributed by atoms with Gasteiger partial charge < -0.3 is 0 Å². The van der Waals surface area contributed by atoms with Crippen molar-refractivity contribution in [3.8, 4) is 0 Å². The minimum Gasteiger partial charge on any atom is -0.0843 e. The molecule has 0 radical (unpaired) electrons. The Kier molecular flexibility index (Phi) is 4.97. The minimum absolute atomic E-state index is 0.202. The molecular formula is C14H10BrCl3. The van der Waals surface area contributed by atoms with Crippen molar-refractivity contribution in [2.24, 2.45) is 0 Å². The van der Waals surface area contributed by atoms with Gasteiger partial charge in [0.2, 0.25) is 0 Å². The fraction of sp³-hybridized carbons (Fsp3) is 0.143. The second kappa shape index (κ2) is 6.29. The fourth-order valence-electron chi connectivity index (χ4n) is 1.69. The van der Waals surface area contributed by atoms with Gasteiger partial charge in [-0.2, -0.15) is 0 Å². The second-order valence-corrected chi connectivity index (χ2v) is 6.33. The van der Waals surface area contributed by atoms with Crippen LogP contribution in [0.4, 0.5) is 0 Å². The van der Waals surface area contributed by atoms with Crippen LogP contribution in [0.25, 0.3) is 0 Å². The van der Waals surface area contributed by atoms with E-state index in [4.69, 9.17) is 34.8 Å². The molecule has 0 heterocycles. The first-order valence-corrected chi connectivity index (χ1v) is 7.44. The normalized spacial score (nSPS) is 12.4. The lowest BCUT2D eigenvalue weighted by Gasteiger charge is -2.11. The first-order chi connectivity index (χ1) is 8.56. The van der Waals surface area contributed by atoms with E-state index in [0.717, 1.165) is 22.6 Å². The zero-order chi connectivity index (χ0) is 13.1. The lowest BCUT2D eigenvalue weighted by atomic mass is 10.0. The monoisotopic (exact) mass is 362 g/mol. The van der Waals surface area contributed by atoms with Crippen LogP contribution in [-0.2, 0) is 6.42 Å². The Hall–Kier alpha value is -0.210. The summed E-state index contributed by atoms with van der Waals surface area (Å²) < 4.78 is 0. The number of alkyl halides is 1. The third kappa shape index (κ3) is 3.64. The van der Waals surface area contributed by atoms with Crippen LogP contribution in [0.15, 0.2) is 42.5 Å². The highest BCUT2D eigenvalue weighted by atomic mass is 79.9. The van der Waals surface area contributed by atoms with Crippen LogP contribution in [0.1, 0.15) is 16.0 Å². The van der Waals surface area contributed by atoms with E-state index in [1.165, 1.54) is 0 Å². The standard InChI is InChI=1S/C14H10BrCl3/c15-12(10-2-1-3-11(16)8-10)6-9-4-5-13(17)14(18)7-9/h1-5,7-8,12H,6H2. The maximum Gasteiger partial charge on any atom is 0.0595 e. The smallest absolute Gasteiger partial charge is 0.0595 e. The molecule has 2 aromatic carbocycles. The quantitative estimate of drug-likeness (QED) is 0.559. The van der Waals surface area contributed by atoms with Gasteiger partial charge in [-0.3, -0.25) is 0 Å². The summed E-state index contributed by atoms with van der Waals surface area (Å²) in [5, 5.41) is 1.90. The van der Waals surface area contributed by atoms with Gasteiger partial charge in [0, 0.05) is 9.85 Å². The Morgan fingerprint density at radius 1 is 0.944 bits per heavy atom. The number of hydrogen-bond acceptors (Lipinski definition) is 0. The maximum atomic E-state index is 6.00. The van der Waals surface area contributed by atoms with Crippen molar-refractivity contribution >= 4 is 50.7 Å². The molecule has 0 bridgehead atoms. The van der Waals surface area contributed by atoms with Crippen molar-refractivity contribution in [3.05, 3.63) is 68.7 Å². The maximum absolute atomic E-state index is 6.00. The first kappa shape index (κ1) is 14.2. The van der Waals surface area contributed by atoms with Crippen molar-refractivity contribution in [1.29, 1.82) is 0 Å². The van der Waals surface area contributed by atoms with Gasteiger partial charge in [0.05, 0.1) is 10.0 Å². The summed E-state index contributed by atoms with van der Waals surface area (Å²) in [4.78, 5) is 0.202. The molecule has 1 atom stereocenters. The van der Waals surface area contributed by atoms with E-state index < -0.39 is 0 Å². The Balaban J connectivity index is 2.16. The lowest BCUT2D eigenvalue weighted by molar-refractivity contribution is 0.949. The van der Waals surface area contributed by atoms with E-state index in [-0.39, 0.29) is 4.83 Å². The summed E-state index contributed by atoms with van der Waals surface area (Å²) in [5.41, 5.74) is 2.28. The fourth-order valence-corrected chi connectivity index (χ4v) is 2.87. The van der Waals surface area contributed by atoms with Gasteiger partial charge in [-0.1, -0.05) is 68.9 Å². The van der Waals surface area contributed by atoms with Crippen LogP contribution in [0, 0.1) is 0 Å². The highest BCUT2D eigenvalue weighted by Gasteiger charge is 2.10. The summed E-state index contributed by atoms with van der Waals surface area (Å²) in [5.74, 6) is 0. The molecule has 0 aliphatic carbocycles. The number of hydrogen-bond donors (Lipinski definition) is 0. The zero-order valence-electron chi connectivity index (χ0n) is 9.34. The molecule has 2 rings (SSSR count). The molecule has 0 saturated carbocycles. The summed E-state index contributed by atoms with van der Waals surface area (Å²) >= 11 is 21.5. The SMILES string of the molecule is Clc1cccc(C(Br)Cc2ccc(Cl)c(Cl)c2)c1. The number of benzene rings is 2. The summed E-state index contributed by atoms with van der Waals surface area (Å²) in [7, 11) is 0. The van der Waals surface area contributed by atoms with Crippen molar-refractivity contribution in [3.63, 3.8) is 0 Å². The number of rotatable bonds is 3. The highest BCUT2D eigenvalue weighted by Crippen LogP contribution is 2.31. The summed E-state index contributed by atoms with van der Waals surface area (Å²) in [6.45, 7) is 0. The van der Waals surface area contributed by atoms with Crippen molar-refractivity contribution < 1.29 is 0 Å². The Morgan fingerprint density at radius 2 is 1.72 bits per heavy atom. The Morgan fingerprint density at radius 3 is 2.39 bits per heavy atom. The van der Waals surface area contributed by atoms with Crippen LogP contribution in [0.3, 0.4) is 0 Å². The highest BCUT2D eigenvalue weighted by molar-refractivity contribution is 9.09. The largest absolute Gasteiger partial charge is 0.0843 e. The molecule has 0 amide bonds. The molecule has 0 aromatic heterocycles. The zero-order valence-corrected chi connectivity index (χ0v) is 13.2. The summed E-state index contributed by atoms with van der Waals surface area (Å²) in [6.07, 6.45) is 0.831. The average Bonchev–Trinajstić information content (AvgIpc) is 2.34. The molecule has 0 spiro atoms. The predicted octanol–water partition coefficient (Wildman–Crippen LogP) is 6.33. The van der Waals surface area contributed by atoms with E-state index in [0.29, 0.717) is 10.0 Å². The third-order valence-electron chi connectivity index (χ3n) is 2.61. The van der Waals surface area contributed by atoms with Gasteiger partial charge in [0.1, 0.15) is 0 Å². The molecule has 0 aliphatic rings. The minimum atomic E-state index is 0.202.